The molecule has 0 saturated heterocycles. The molecule has 0 atom stereocenters. The zero-order valence-corrected chi connectivity index (χ0v) is 11.2. The minimum absolute atomic E-state index is 0.712. The van der Waals surface area contributed by atoms with Gasteiger partial charge < -0.3 is 10.5 Å². The summed E-state index contributed by atoms with van der Waals surface area (Å²) in [6.45, 7) is 1.55. The van der Waals surface area contributed by atoms with Crippen molar-refractivity contribution in [2.45, 2.75) is 19.4 Å². The fourth-order valence-electron chi connectivity index (χ4n) is 2.28. The molecule has 2 N–H and O–H groups in total. The molecule has 3 rings (SSSR count). The second kappa shape index (κ2) is 6.97. The van der Waals surface area contributed by atoms with E-state index in [4.69, 9.17) is 4.74 Å². The molecule has 0 unspecified atom stereocenters. The van der Waals surface area contributed by atoms with Gasteiger partial charge in [0.05, 0.1) is 18.5 Å². The second-order valence-electron chi connectivity index (χ2n) is 4.19. The molecule has 4 nitrogen and oxygen atoms in total. The third kappa shape index (κ3) is 3.16. The summed E-state index contributed by atoms with van der Waals surface area (Å²) < 4.78 is 5.58. The normalized spacial score (nSPS) is 13.8. The van der Waals surface area contributed by atoms with Gasteiger partial charge in [-0.05, 0) is 31.0 Å². The fourth-order valence-corrected chi connectivity index (χ4v) is 2.28. The van der Waals surface area contributed by atoms with Gasteiger partial charge in [0, 0.05) is 24.6 Å². The molecule has 1 aliphatic heterocycles. The molecule has 4 heteroatoms. The highest BCUT2D eigenvalue weighted by molar-refractivity contribution is 5.64. The quantitative estimate of drug-likeness (QED) is 0.850. The number of nitrogens with zero attached hydrogens (tertiary/aromatic N) is 2. The molecule has 1 aromatic carbocycles. The van der Waals surface area contributed by atoms with Gasteiger partial charge in [-0.1, -0.05) is 18.2 Å². The second-order valence-corrected chi connectivity index (χ2v) is 4.19. The summed E-state index contributed by atoms with van der Waals surface area (Å²) in [5.41, 5.74) is 9.29. The van der Waals surface area contributed by atoms with Crippen molar-refractivity contribution in [2.75, 3.05) is 13.7 Å². The van der Waals surface area contributed by atoms with Crippen molar-refractivity contribution in [1.29, 1.82) is 0 Å². The molecule has 0 spiro atoms. The van der Waals surface area contributed by atoms with Crippen LogP contribution in [0.3, 0.4) is 0 Å². The molecular weight excluding hydrogens is 238 g/mol. The van der Waals surface area contributed by atoms with Gasteiger partial charge in [0.1, 0.15) is 0 Å². The lowest BCUT2D eigenvalue weighted by molar-refractivity contribution is 0.125. The Morgan fingerprint density at radius 1 is 1.21 bits per heavy atom. The van der Waals surface area contributed by atoms with Crippen LogP contribution in [0.4, 0.5) is 0 Å². The monoisotopic (exact) mass is 257 g/mol. The zero-order valence-electron chi connectivity index (χ0n) is 11.2. The van der Waals surface area contributed by atoms with Crippen LogP contribution in [-0.2, 0) is 17.8 Å². The lowest BCUT2D eigenvalue weighted by atomic mass is 9.96. The number of aromatic nitrogens is 2. The molecular formula is C15H19N3O. The first-order valence-corrected chi connectivity index (χ1v) is 6.48. The molecule has 1 aromatic heterocycles. The minimum atomic E-state index is 0.712. The maximum atomic E-state index is 5.58. The first-order chi connectivity index (χ1) is 9.45. The number of fused-ring (bicyclic) bond motifs is 1. The smallest absolute Gasteiger partial charge is 0.0888 e. The topological polar surface area (TPSA) is 61.0 Å². The Bertz CT molecular complexity index is 514. The molecule has 0 radical (unpaired) electrons. The maximum Gasteiger partial charge on any atom is 0.0888 e. The lowest BCUT2D eigenvalue weighted by Crippen LogP contribution is -1.96. The third-order valence-corrected chi connectivity index (χ3v) is 3.09. The van der Waals surface area contributed by atoms with Gasteiger partial charge in [0.25, 0.3) is 0 Å². The molecule has 2 aromatic rings. The summed E-state index contributed by atoms with van der Waals surface area (Å²) in [6, 6.07) is 6.33. The van der Waals surface area contributed by atoms with Gasteiger partial charge in [-0.3, -0.25) is 9.97 Å². The van der Waals surface area contributed by atoms with Crippen LogP contribution in [-0.4, -0.2) is 23.6 Å². The van der Waals surface area contributed by atoms with Crippen LogP contribution < -0.4 is 5.73 Å². The summed E-state index contributed by atoms with van der Waals surface area (Å²) in [5.74, 6) is 0. The van der Waals surface area contributed by atoms with E-state index in [1.165, 1.54) is 23.7 Å². The van der Waals surface area contributed by atoms with Crippen LogP contribution in [0.5, 0.6) is 0 Å². The van der Waals surface area contributed by atoms with E-state index < -0.39 is 0 Å². The van der Waals surface area contributed by atoms with Gasteiger partial charge in [-0.2, -0.15) is 0 Å². The van der Waals surface area contributed by atoms with Crippen LogP contribution >= 0.6 is 0 Å². The Balaban J connectivity index is 0.000000637. The van der Waals surface area contributed by atoms with Crippen molar-refractivity contribution in [3.05, 3.63) is 47.9 Å². The largest absolute Gasteiger partial charge is 0.377 e. The number of hydrogen-bond acceptors (Lipinski definition) is 4. The Labute approximate surface area is 113 Å². The summed E-state index contributed by atoms with van der Waals surface area (Å²) >= 11 is 0. The van der Waals surface area contributed by atoms with Crippen molar-refractivity contribution in [2.24, 2.45) is 5.73 Å². The number of rotatable bonds is 1. The van der Waals surface area contributed by atoms with Crippen molar-refractivity contribution >= 4 is 0 Å². The minimum Gasteiger partial charge on any atom is -0.377 e. The van der Waals surface area contributed by atoms with Gasteiger partial charge in [-0.15, -0.1) is 0 Å². The van der Waals surface area contributed by atoms with Crippen LogP contribution in [0, 0.1) is 0 Å². The average Bonchev–Trinajstić information content (AvgIpc) is 2.75. The van der Waals surface area contributed by atoms with Gasteiger partial charge in [0.15, 0.2) is 0 Å². The van der Waals surface area contributed by atoms with E-state index in [1.54, 1.807) is 12.4 Å². The molecule has 0 bridgehead atoms. The predicted octanol–water partition coefficient (Wildman–Crippen LogP) is 2.18. The average molecular weight is 257 g/mol. The Kier molecular flexibility index (Phi) is 5.01. The van der Waals surface area contributed by atoms with Crippen LogP contribution in [0.25, 0.3) is 11.3 Å². The maximum absolute atomic E-state index is 5.58. The van der Waals surface area contributed by atoms with Crippen molar-refractivity contribution in [1.82, 2.24) is 9.97 Å². The zero-order chi connectivity index (χ0) is 13.5. The number of benzene rings is 1. The Morgan fingerprint density at radius 3 is 2.89 bits per heavy atom. The lowest BCUT2D eigenvalue weighted by Gasteiger charge is -2.10. The van der Waals surface area contributed by atoms with Crippen molar-refractivity contribution in [3.63, 3.8) is 0 Å². The number of hydrogen-bond donors (Lipinski definition) is 1. The van der Waals surface area contributed by atoms with Crippen LogP contribution in [0.15, 0.2) is 36.8 Å². The third-order valence-electron chi connectivity index (χ3n) is 3.09. The van der Waals surface area contributed by atoms with E-state index in [1.807, 2.05) is 6.20 Å². The number of nitrogens with two attached hydrogens (primary N) is 1. The van der Waals surface area contributed by atoms with Crippen molar-refractivity contribution in [3.8, 4) is 11.3 Å². The van der Waals surface area contributed by atoms with E-state index >= 15 is 0 Å². The molecule has 100 valence electrons. The predicted molar refractivity (Wildman–Crippen MR) is 75.6 cm³/mol. The summed E-state index contributed by atoms with van der Waals surface area (Å²) in [5, 5.41) is 0. The highest BCUT2D eigenvalue weighted by Gasteiger charge is 2.13. The van der Waals surface area contributed by atoms with Crippen LogP contribution in [0.2, 0.25) is 0 Å². The molecule has 19 heavy (non-hydrogen) atoms. The van der Waals surface area contributed by atoms with E-state index in [0.717, 1.165) is 25.1 Å². The molecule has 0 aliphatic carbocycles. The van der Waals surface area contributed by atoms with Crippen LogP contribution in [0.1, 0.15) is 17.5 Å². The Hall–Kier alpha value is -1.78. The van der Waals surface area contributed by atoms with E-state index in [2.05, 4.69) is 33.9 Å². The van der Waals surface area contributed by atoms with E-state index in [0.29, 0.717) is 6.61 Å². The Morgan fingerprint density at radius 2 is 2.11 bits per heavy atom. The summed E-state index contributed by atoms with van der Waals surface area (Å²) in [7, 11) is 1.50. The molecule has 2 heterocycles. The summed E-state index contributed by atoms with van der Waals surface area (Å²) in [6.07, 6.45) is 7.39. The van der Waals surface area contributed by atoms with Gasteiger partial charge >= 0.3 is 0 Å². The molecule has 0 fully saturated rings. The highest BCUT2D eigenvalue weighted by Crippen LogP contribution is 2.27. The molecule has 1 aliphatic rings. The first-order valence-electron chi connectivity index (χ1n) is 6.48. The van der Waals surface area contributed by atoms with E-state index in [9.17, 15) is 0 Å². The molecule has 0 amide bonds. The summed E-state index contributed by atoms with van der Waals surface area (Å²) in [4.78, 5) is 8.52. The van der Waals surface area contributed by atoms with E-state index in [-0.39, 0.29) is 0 Å². The first kappa shape index (κ1) is 13.6. The highest BCUT2D eigenvalue weighted by atomic mass is 16.5. The van der Waals surface area contributed by atoms with Crippen molar-refractivity contribution < 1.29 is 4.74 Å². The van der Waals surface area contributed by atoms with Gasteiger partial charge in [0.2, 0.25) is 0 Å². The fraction of sp³-hybridized carbons (Fsp3) is 0.333. The molecule has 0 saturated carbocycles. The SMILES string of the molecule is CN.c1cc2c(c(-c3cnccn3)c1)CCCOC2. The standard InChI is InChI=1S/C14H14N2O.CH5N/c1-3-11-10-17-8-2-5-12(11)13(4-1)14-9-15-6-7-16-14;1-2/h1,3-4,6-7,9H,2,5,8,10H2;2H2,1H3. The number of ether oxygens (including phenoxy) is 1. The van der Waals surface area contributed by atoms with Gasteiger partial charge in [-0.25, -0.2) is 0 Å².